The zero-order valence-electron chi connectivity index (χ0n) is 10.6. The third kappa shape index (κ3) is 2.77. The highest BCUT2D eigenvalue weighted by molar-refractivity contribution is 6.35. The Morgan fingerprint density at radius 2 is 2.00 bits per heavy atom. The number of rotatable bonds is 5. The maximum Gasteiger partial charge on any atom is 0.312 e. The minimum Gasteiger partial charge on any atom is -0.336 e. The summed E-state index contributed by atoms with van der Waals surface area (Å²) in [6.07, 6.45) is 2.49. The SMILES string of the molecule is CCNC(CN1CCN(C)C(=O)C1=O)C1CC1. The van der Waals surface area contributed by atoms with E-state index in [-0.39, 0.29) is 11.8 Å². The van der Waals surface area contributed by atoms with Crippen molar-refractivity contribution in [3.63, 3.8) is 0 Å². The Morgan fingerprint density at radius 1 is 1.29 bits per heavy atom. The molecule has 1 aliphatic heterocycles. The molecule has 1 atom stereocenters. The summed E-state index contributed by atoms with van der Waals surface area (Å²) >= 11 is 0. The van der Waals surface area contributed by atoms with Crippen LogP contribution in [0.2, 0.25) is 0 Å². The van der Waals surface area contributed by atoms with E-state index in [0.29, 0.717) is 31.6 Å². The largest absolute Gasteiger partial charge is 0.336 e. The van der Waals surface area contributed by atoms with Crippen molar-refractivity contribution in [1.82, 2.24) is 15.1 Å². The molecule has 0 bridgehead atoms. The molecule has 0 aromatic rings. The summed E-state index contributed by atoms with van der Waals surface area (Å²) in [5.74, 6) is -0.0258. The second-order valence-corrected chi connectivity index (χ2v) is 4.98. The summed E-state index contributed by atoms with van der Waals surface area (Å²) in [4.78, 5) is 26.6. The van der Waals surface area contributed by atoms with Crippen LogP contribution in [0.5, 0.6) is 0 Å². The molecule has 0 spiro atoms. The van der Waals surface area contributed by atoms with Crippen molar-refractivity contribution in [1.29, 1.82) is 0 Å². The standard InChI is InChI=1S/C12H21N3O2/c1-3-13-10(9-4-5-9)8-15-7-6-14(2)11(16)12(15)17/h9-10,13H,3-8H2,1-2H3. The number of piperazine rings is 1. The molecule has 17 heavy (non-hydrogen) atoms. The van der Waals surface area contributed by atoms with E-state index in [1.54, 1.807) is 11.9 Å². The first-order valence-electron chi connectivity index (χ1n) is 6.41. The summed E-state index contributed by atoms with van der Waals surface area (Å²) < 4.78 is 0. The third-order valence-electron chi connectivity index (χ3n) is 3.60. The van der Waals surface area contributed by atoms with Crippen molar-refractivity contribution in [2.45, 2.75) is 25.8 Å². The van der Waals surface area contributed by atoms with Gasteiger partial charge in [0, 0.05) is 32.7 Å². The van der Waals surface area contributed by atoms with E-state index < -0.39 is 0 Å². The van der Waals surface area contributed by atoms with E-state index in [4.69, 9.17) is 0 Å². The lowest BCUT2D eigenvalue weighted by Gasteiger charge is -2.34. The number of hydrogen-bond acceptors (Lipinski definition) is 3. The van der Waals surface area contributed by atoms with Gasteiger partial charge in [0.1, 0.15) is 0 Å². The number of hydrogen-bond donors (Lipinski definition) is 1. The number of nitrogens with one attached hydrogen (secondary N) is 1. The smallest absolute Gasteiger partial charge is 0.312 e. The zero-order valence-corrected chi connectivity index (χ0v) is 10.6. The molecular formula is C12H21N3O2. The summed E-state index contributed by atoms with van der Waals surface area (Å²) in [5, 5.41) is 3.42. The molecule has 0 aromatic carbocycles. The molecule has 2 aliphatic rings. The maximum absolute atomic E-state index is 11.8. The van der Waals surface area contributed by atoms with Crippen molar-refractivity contribution in [2.75, 3.05) is 33.2 Å². The third-order valence-corrected chi connectivity index (χ3v) is 3.60. The molecule has 0 aromatic heterocycles. The van der Waals surface area contributed by atoms with Crippen LogP contribution in [0.15, 0.2) is 0 Å². The lowest BCUT2D eigenvalue weighted by Crippen LogP contribution is -2.56. The van der Waals surface area contributed by atoms with Crippen LogP contribution in [-0.4, -0.2) is 60.9 Å². The lowest BCUT2D eigenvalue weighted by atomic mass is 10.1. The highest BCUT2D eigenvalue weighted by Gasteiger charge is 2.36. The number of likely N-dealkylation sites (N-methyl/N-ethyl adjacent to an activating group) is 2. The Hall–Kier alpha value is -1.10. The van der Waals surface area contributed by atoms with E-state index in [0.717, 1.165) is 6.54 Å². The van der Waals surface area contributed by atoms with Crippen LogP contribution in [0.25, 0.3) is 0 Å². The van der Waals surface area contributed by atoms with Gasteiger partial charge in [-0.15, -0.1) is 0 Å². The van der Waals surface area contributed by atoms with Crippen LogP contribution in [0.3, 0.4) is 0 Å². The van der Waals surface area contributed by atoms with E-state index in [2.05, 4.69) is 12.2 Å². The zero-order chi connectivity index (χ0) is 12.4. The molecule has 1 N–H and O–H groups in total. The molecule has 96 valence electrons. The molecule has 1 unspecified atom stereocenters. The van der Waals surface area contributed by atoms with E-state index in [9.17, 15) is 9.59 Å². The predicted octanol–water partition coefficient (Wildman–Crippen LogP) is -0.325. The Balaban J connectivity index is 1.92. The highest BCUT2D eigenvalue weighted by atomic mass is 16.2. The van der Waals surface area contributed by atoms with Gasteiger partial charge in [-0.2, -0.15) is 0 Å². The Labute approximate surface area is 102 Å². The summed E-state index contributed by atoms with van der Waals surface area (Å²) in [6.45, 7) is 4.98. The van der Waals surface area contributed by atoms with Gasteiger partial charge in [0.25, 0.3) is 0 Å². The predicted molar refractivity (Wildman–Crippen MR) is 64.4 cm³/mol. The number of amides is 2. The Bertz CT molecular complexity index is 315. The van der Waals surface area contributed by atoms with Crippen LogP contribution in [0, 0.1) is 5.92 Å². The normalized spacial score (nSPS) is 23.2. The van der Waals surface area contributed by atoms with Crippen molar-refractivity contribution < 1.29 is 9.59 Å². The van der Waals surface area contributed by atoms with Crippen LogP contribution in [0.1, 0.15) is 19.8 Å². The van der Waals surface area contributed by atoms with Crippen molar-refractivity contribution in [3.8, 4) is 0 Å². The topological polar surface area (TPSA) is 52.6 Å². The molecule has 5 heteroatoms. The second kappa shape index (κ2) is 5.04. The minimum absolute atomic E-state index is 0.345. The molecule has 5 nitrogen and oxygen atoms in total. The fraction of sp³-hybridized carbons (Fsp3) is 0.833. The molecule has 2 amide bonds. The van der Waals surface area contributed by atoms with E-state index >= 15 is 0 Å². The number of carbonyl (C=O) groups is 2. The van der Waals surface area contributed by atoms with Crippen LogP contribution < -0.4 is 5.32 Å². The average Bonchev–Trinajstić information content (AvgIpc) is 3.13. The highest BCUT2D eigenvalue weighted by Crippen LogP contribution is 2.33. The van der Waals surface area contributed by atoms with Gasteiger partial charge in [-0.1, -0.05) is 6.92 Å². The van der Waals surface area contributed by atoms with Crippen molar-refractivity contribution in [2.24, 2.45) is 5.92 Å². The van der Waals surface area contributed by atoms with Gasteiger partial charge in [0.15, 0.2) is 0 Å². The quantitative estimate of drug-likeness (QED) is 0.669. The first kappa shape index (κ1) is 12.4. The van der Waals surface area contributed by atoms with Crippen LogP contribution in [0.4, 0.5) is 0 Å². The van der Waals surface area contributed by atoms with Crippen molar-refractivity contribution >= 4 is 11.8 Å². The summed E-state index contributed by atoms with van der Waals surface area (Å²) in [7, 11) is 1.68. The van der Waals surface area contributed by atoms with Gasteiger partial charge in [0.2, 0.25) is 0 Å². The first-order valence-corrected chi connectivity index (χ1v) is 6.41. The minimum atomic E-state index is -0.373. The van der Waals surface area contributed by atoms with Crippen molar-refractivity contribution in [3.05, 3.63) is 0 Å². The second-order valence-electron chi connectivity index (χ2n) is 4.98. The Morgan fingerprint density at radius 3 is 2.59 bits per heavy atom. The summed E-state index contributed by atoms with van der Waals surface area (Å²) in [6, 6.07) is 0.361. The van der Waals surface area contributed by atoms with E-state index in [1.165, 1.54) is 17.7 Å². The molecule has 1 heterocycles. The average molecular weight is 239 g/mol. The van der Waals surface area contributed by atoms with Crippen LogP contribution >= 0.6 is 0 Å². The number of nitrogens with zero attached hydrogens (tertiary/aromatic N) is 2. The fourth-order valence-electron chi connectivity index (χ4n) is 2.33. The molecular weight excluding hydrogens is 218 g/mol. The van der Waals surface area contributed by atoms with E-state index in [1.807, 2.05) is 0 Å². The van der Waals surface area contributed by atoms with Gasteiger partial charge in [-0.3, -0.25) is 9.59 Å². The molecule has 2 fully saturated rings. The summed E-state index contributed by atoms with van der Waals surface area (Å²) in [5.41, 5.74) is 0. The Kier molecular flexibility index (Phi) is 3.66. The van der Waals surface area contributed by atoms with Gasteiger partial charge in [-0.25, -0.2) is 0 Å². The molecule has 1 aliphatic carbocycles. The van der Waals surface area contributed by atoms with Gasteiger partial charge >= 0.3 is 11.8 Å². The monoisotopic (exact) mass is 239 g/mol. The fourth-order valence-corrected chi connectivity index (χ4v) is 2.33. The van der Waals surface area contributed by atoms with Crippen LogP contribution in [-0.2, 0) is 9.59 Å². The van der Waals surface area contributed by atoms with Gasteiger partial charge in [0.05, 0.1) is 0 Å². The molecule has 1 saturated carbocycles. The van der Waals surface area contributed by atoms with Gasteiger partial charge in [-0.05, 0) is 25.3 Å². The molecule has 2 rings (SSSR count). The van der Waals surface area contributed by atoms with Gasteiger partial charge < -0.3 is 15.1 Å². The molecule has 1 saturated heterocycles. The molecule has 0 radical (unpaired) electrons. The first-order chi connectivity index (χ1) is 8.13. The number of carbonyl (C=O) groups excluding carboxylic acids is 2. The maximum atomic E-state index is 11.8. The lowest BCUT2D eigenvalue weighted by molar-refractivity contribution is -0.155.